The van der Waals surface area contributed by atoms with Crippen molar-refractivity contribution < 1.29 is 9.90 Å². The van der Waals surface area contributed by atoms with Crippen molar-refractivity contribution in [2.75, 3.05) is 0 Å². The Morgan fingerprint density at radius 3 is 1.67 bits per heavy atom. The zero-order valence-corrected chi connectivity index (χ0v) is 10.7. The summed E-state index contributed by atoms with van der Waals surface area (Å²) in [5.41, 5.74) is 0. The molecule has 0 radical (unpaired) electrons. The molecule has 15 heavy (non-hydrogen) atoms. The third kappa shape index (κ3) is 4.50. The maximum atomic E-state index is 11.9. The second kappa shape index (κ2) is 5.94. The van der Waals surface area contributed by atoms with Gasteiger partial charge in [0.2, 0.25) is 0 Å². The minimum absolute atomic E-state index is 0.00546. The number of aliphatic hydroxyl groups excluding tert-OH is 1. The van der Waals surface area contributed by atoms with E-state index >= 15 is 0 Å². The van der Waals surface area contributed by atoms with Crippen LogP contribution in [0.25, 0.3) is 0 Å². The van der Waals surface area contributed by atoms with Crippen molar-refractivity contribution in [1.29, 1.82) is 0 Å². The van der Waals surface area contributed by atoms with Crippen LogP contribution >= 0.6 is 0 Å². The summed E-state index contributed by atoms with van der Waals surface area (Å²) in [5.74, 6) is 0.889. The highest BCUT2D eigenvalue weighted by atomic mass is 16.3. The zero-order valence-electron chi connectivity index (χ0n) is 10.7. The molecule has 2 nitrogen and oxygen atoms in total. The predicted molar refractivity (Wildman–Crippen MR) is 63.7 cm³/mol. The van der Waals surface area contributed by atoms with Crippen LogP contribution in [0.5, 0.6) is 0 Å². The molecule has 0 aliphatic heterocycles. The van der Waals surface area contributed by atoms with Crippen LogP contribution in [0.4, 0.5) is 0 Å². The first-order valence-electron chi connectivity index (χ1n) is 5.71. The smallest absolute Gasteiger partial charge is 0.162 e. The topological polar surface area (TPSA) is 37.3 Å². The quantitative estimate of drug-likeness (QED) is 0.558. The van der Waals surface area contributed by atoms with Gasteiger partial charge >= 0.3 is 0 Å². The minimum atomic E-state index is 0.00546. The van der Waals surface area contributed by atoms with E-state index in [9.17, 15) is 9.90 Å². The van der Waals surface area contributed by atoms with Gasteiger partial charge in [0.1, 0.15) is 0 Å². The number of hydrogen-bond acceptors (Lipinski definition) is 2. The molecule has 0 aromatic carbocycles. The number of aliphatic hydroxyl groups is 1. The van der Waals surface area contributed by atoms with Gasteiger partial charge in [-0.05, 0) is 11.8 Å². The molecule has 0 unspecified atom stereocenters. The summed E-state index contributed by atoms with van der Waals surface area (Å²) < 4.78 is 0. The van der Waals surface area contributed by atoms with E-state index in [1.165, 1.54) is 6.08 Å². The Hall–Kier alpha value is -0.790. The Kier molecular flexibility index (Phi) is 5.63. The lowest BCUT2D eigenvalue weighted by molar-refractivity contribution is -0.121. The van der Waals surface area contributed by atoms with Crippen molar-refractivity contribution in [2.24, 2.45) is 23.7 Å². The van der Waals surface area contributed by atoms with E-state index in [2.05, 4.69) is 0 Å². The van der Waals surface area contributed by atoms with Crippen molar-refractivity contribution in [2.45, 2.75) is 41.5 Å². The molecule has 1 N–H and O–H groups in total. The number of carbonyl (C=O) groups is 1. The largest absolute Gasteiger partial charge is 0.512 e. The second-order valence-electron chi connectivity index (χ2n) is 5.14. The van der Waals surface area contributed by atoms with Gasteiger partial charge in [-0.15, -0.1) is 0 Å². The van der Waals surface area contributed by atoms with Crippen LogP contribution in [-0.4, -0.2) is 10.9 Å². The van der Waals surface area contributed by atoms with E-state index in [0.29, 0.717) is 11.8 Å². The standard InChI is InChI=1S/C13H24O2/c1-8(2)11(14)7-12(15)13(9(3)4)10(5)6/h7-10,13-14H,1-6H3. The van der Waals surface area contributed by atoms with Gasteiger partial charge in [-0.1, -0.05) is 41.5 Å². The van der Waals surface area contributed by atoms with E-state index in [0.717, 1.165) is 0 Å². The molecule has 0 aliphatic carbocycles. The Balaban J connectivity index is 4.74. The lowest BCUT2D eigenvalue weighted by Gasteiger charge is -2.22. The fourth-order valence-electron chi connectivity index (χ4n) is 1.84. The Labute approximate surface area is 93.4 Å². The van der Waals surface area contributed by atoms with Gasteiger partial charge in [-0.3, -0.25) is 4.79 Å². The number of ketones is 1. The molecular formula is C13H24O2. The highest BCUT2D eigenvalue weighted by molar-refractivity contribution is 5.92. The third-order valence-corrected chi connectivity index (χ3v) is 2.65. The Morgan fingerprint density at radius 1 is 1.00 bits per heavy atom. The maximum Gasteiger partial charge on any atom is 0.162 e. The fraction of sp³-hybridized carbons (Fsp3) is 0.769. The van der Waals surface area contributed by atoms with Crippen LogP contribution < -0.4 is 0 Å². The van der Waals surface area contributed by atoms with Crippen LogP contribution in [0, 0.1) is 23.7 Å². The molecule has 0 aromatic heterocycles. The minimum Gasteiger partial charge on any atom is -0.512 e. The van der Waals surface area contributed by atoms with Crippen LogP contribution in [-0.2, 0) is 4.79 Å². The van der Waals surface area contributed by atoms with Gasteiger partial charge in [0.05, 0.1) is 5.76 Å². The summed E-state index contributed by atoms with van der Waals surface area (Å²) in [6.45, 7) is 11.9. The highest BCUT2D eigenvalue weighted by Gasteiger charge is 2.24. The number of rotatable bonds is 5. The number of allylic oxidation sites excluding steroid dienone is 2. The van der Waals surface area contributed by atoms with E-state index in [4.69, 9.17) is 0 Å². The van der Waals surface area contributed by atoms with Crippen LogP contribution in [0.15, 0.2) is 11.8 Å². The van der Waals surface area contributed by atoms with Crippen molar-refractivity contribution in [3.05, 3.63) is 11.8 Å². The van der Waals surface area contributed by atoms with Crippen LogP contribution in [0.1, 0.15) is 41.5 Å². The summed E-state index contributed by atoms with van der Waals surface area (Å²) in [4.78, 5) is 11.9. The predicted octanol–water partition coefficient (Wildman–Crippen LogP) is 3.58. The van der Waals surface area contributed by atoms with Gasteiger partial charge in [0.15, 0.2) is 5.78 Å². The molecule has 0 rings (SSSR count). The first-order chi connectivity index (χ1) is 6.77. The van der Waals surface area contributed by atoms with Crippen LogP contribution in [0.3, 0.4) is 0 Å². The van der Waals surface area contributed by atoms with Crippen molar-refractivity contribution in [3.63, 3.8) is 0 Å². The van der Waals surface area contributed by atoms with Crippen molar-refractivity contribution in [3.8, 4) is 0 Å². The zero-order chi connectivity index (χ0) is 12.2. The lowest BCUT2D eigenvalue weighted by atomic mass is 9.82. The highest BCUT2D eigenvalue weighted by Crippen LogP contribution is 2.23. The van der Waals surface area contributed by atoms with E-state index < -0.39 is 0 Å². The summed E-state index contributed by atoms with van der Waals surface area (Å²) in [6, 6.07) is 0. The summed E-state index contributed by atoms with van der Waals surface area (Å²) in [5, 5.41) is 9.55. The SMILES string of the molecule is CC(C)C(O)=CC(=O)C(C(C)C)C(C)C. The molecule has 0 bridgehead atoms. The van der Waals surface area contributed by atoms with Crippen LogP contribution in [0.2, 0.25) is 0 Å². The first-order valence-corrected chi connectivity index (χ1v) is 5.71. The molecule has 0 atom stereocenters. The number of carbonyl (C=O) groups excluding carboxylic acids is 1. The van der Waals surface area contributed by atoms with Gasteiger partial charge in [0.25, 0.3) is 0 Å². The Morgan fingerprint density at radius 2 is 1.40 bits per heavy atom. The molecule has 0 amide bonds. The molecular weight excluding hydrogens is 188 g/mol. The molecule has 0 fully saturated rings. The molecule has 2 heteroatoms. The molecule has 0 aromatic rings. The van der Waals surface area contributed by atoms with Crippen molar-refractivity contribution in [1.82, 2.24) is 0 Å². The average Bonchev–Trinajstić information content (AvgIpc) is 2.01. The van der Waals surface area contributed by atoms with E-state index in [1.807, 2.05) is 41.5 Å². The molecule has 0 heterocycles. The fourth-order valence-corrected chi connectivity index (χ4v) is 1.84. The molecule has 0 aliphatic rings. The number of hydrogen-bond donors (Lipinski definition) is 1. The maximum absolute atomic E-state index is 11.9. The normalized spacial score (nSPS) is 13.3. The molecule has 0 saturated heterocycles. The van der Waals surface area contributed by atoms with Gasteiger partial charge < -0.3 is 5.11 Å². The summed E-state index contributed by atoms with van der Waals surface area (Å²) in [7, 11) is 0. The first kappa shape index (κ1) is 14.2. The lowest BCUT2D eigenvalue weighted by Crippen LogP contribution is -2.24. The van der Waals surface area contributed by atoms with Gasteiger partial charge in [-0.2, -0.15) is 0 Å². The summed E-state index contributed by atoms with van der Waals surface area (Å²) >= 11 is 0. The molecule has 88 valence electrons. The van der Waals surface area contributed by atoms with Gasteiger partial charge in [-0.25, -0.2) is 0 Å². The second-order valence-corrected chi connectivity index (χ2v) is 5.14. The van der Waals surface area contributed by atoms with E-state index in [-0.39, 0.29) is 23.4 Å². The summed E-state index contributed by atoms with van der Waals surface area (Å²) in [6.07, 6.45) is 1.40. The Bertz CT molecular complexity index is 229. The average molecular weight is 212 g/mol. The van der Waals surface area contributed by atoms with Gasteiger partial charge in [0, 0.05) is 17.9 Å². The monoisotopic (exact) mass is 212 g/mol. The third-order valence-electron chi connectivity index (χ3n) is 2.65. The van der Waals surface area contributed by atoms with Crippen molar-refractivity contribution >= 4 is 5.78 Å². The molecule has 0 saturated carbocycles. The molecule has 0 spiro atoms. The van der Waals surface area contributed by atoms with E-state index in [1.54, 1.807) is 0 Å².